The monoisotopic (exact) mass is 288 g/mol. The number of halogens is 1. The Morgan fingerprint density at radius 1 is 1.35 bits per heavy atom. The van der Waals surface area contributed by atoms with Crippen LogP contribution in [0.5, 0.6) is 0 Å². The molecule has 0 aliphatic carbocycles. The van der Waals surface area contributed by atoms with Gasteiger partial charge in [0.2, 0.25) is 0 Å². The molecule has 1 atom stereocenters. The van der Waals surface area contributed by atoms with E-state index < -0.39 is 0 Å². The van der Waals surface area contributed by atoms with Crippen LogP contribution in [0, 0.1) is 11.8 Å². The summed E-state index contributed by atoms with van der Waals surface area (Å²) in [5.74, 6) is 3.11. The van der Waals surface area contributed by atoms with Gasteiger partial charge in [0, 0.05) is 24.0 Å². The Kier molecular flexibility index (Phi) is 3.84. The summed E-state index contributed by atoms with van der Waals surface area (Å²) in [6.45, 7) is 6.82. The number of alkyl halides is 1. The second kappa shape index (κ2) is 5.61. The molecule has 3 rings (SSSR count). The number of hydrogen-bond acceptors (Lipinski definition) is 2. The van der Waals surface area contributed by atoms with Crippen molar-refractivity contribution >= 4 is 28.3 Å². The van der Waals surface area contributed by atoms with Crippen LogP contribution in [0.4, 0.5) is 5.82 Å². The van der Waals surface area contributed by atoms with Crippen LogP contribution in [0.2, 0.25) is 0 Å². The van der Waals surface area contributed by atoms with E-state index in [1.54, 1.807) is 0 Å². The van der Waals surface area contributed by atoms with Gasteiger partial charge in [0.1, 0.15) is 5.82 Å². The molecule has 1 aliphatic rings. The van der Waals surface area contributed by atoms with Crippen LogP contribution in [0.1, 0.15) is 25.8 Å². The van der Waals surface area contributed by atoms with E-state index in [2.05, 4.69) is 36.9 Å². The molecule has 1 aromatic heterocycles. The van der Waals surface area contributed by atoms with Gasteiger partial charge in [-0.1, -0.05) is 32.0 Å². The van der Waals surface area contributed by atoms with Crippen LogP contribution < -0.4 is 4.90 Å². The summed E-state index contributed by atoms with van der Waals surface area (Å²) >= 11 is 6.14. The number of hydrogen-bond donors (Lipinski definition) is 0. The van der Waals surface area contributed by atoms with E-state index in [-0.39, 0.29) is 0 Å². The summed E-state index contributed by atoms with van der Waals surface area (Å²) in [6, 6.07) is 10.5. The normalized spacial score (nSPS) is 19.2. The molecule has 0 saturated carbocycles. The summed E-state index contributed by atoms with van der Waals surface area (Å²) in [7, 11) is 0. The Morgan fingerprint density at radius 3 is 2.85 bits per heavy atom. The van der Waals surface area contributed by atoms with Crippen molar-refractivity contribution in [1.29, 1.82) is 0 Å². The minimum Gasteiger partial charge on any atom is -0.356 e. The van der Waals surface area contributed by atoms with Crippen LogP contribution in [-0.4, -0.2) is 18.1 Å². The quantitative estimate of drug-likeness (QED) is 0.776. The summed E-state index contributed by atoms with van der Waals surface area (Å²) in [5.41, 5.74) is 2.21. The molecule has 0 bridgehead atoms. The number of pyridine rings is 1. The zero-order valence-electron chi connectivity index (χ0n) is 12.1. The third-order valence-corrected chi connectivity index (χ3v) is 4.68. The van der Waals surface area contributed by atoms with Crippen LogP contribution in [0.3, 0.4) is 0 Å². The van der Waals surface area contributed by atoms with E-state index >= 15 is 0 Å². The number of aromatic nitrogens is 1. The van der Waals surface area contributed by atoms with Gasteiger partial charge >= 0.3 is 0 Å². The van der Waals surface area contributed by atoms with E-state index in [0.717, 1.165) is 41.8 Å². The first-order chi connectivity index (χ1) is 9.69. The number of anilines is 1. The first-order valence-electron chi connectivity index (χ1n) is 7.38. The highest BCUT2D eigenvalue weighted by Crippen LogP contribution is 2.31. The molecular weight excluding hydrogens is 268 g/mol. The average molecular weight is 289 g/mol. The Hall–Kier alpha value is -1.28. The molecule has 106 valence electrons. The molecule has 0 radical (unpaired) electrons. The molecule has 2 heterocycles. The maximum Gasteiger partial charge on any atom is 0.133 e. The molecule has 2 nitrogen and oxygen atoms in total. The molecule has 20 heavy (non-hydrogen) atoms. The number of rotatable bonds is 3. The molecule has 0 amide bonds. The zero-order valence-corrected chi connectivity index (χ0v) is 12.9. The first kappa shape index (κ1) is 13.7. The van der Waals surface area contributed by atoms with Gasteiger partial charge in [-0.3, -0.25) is 0 Å². The average Bonchev–Trinajstić information content (AvgIpc) is 2.95. The van der Waals surface area contributed by atoms with Crippen molar-refractivity contribution in [2.24, 2.45) is 11.8 Å². The second-order valence-corrected chi connectivity index (χ2v) is 6.30. The number of fused-ring (bicyclic) bond motifs is 1. The third-order valence-electron chi connectivity index (χ3n) is 4.39. The molecule has 1 fully saturated rings. The van der Waals surface area contributed by atoms with Crippen molar-refractivity contribution in [2.45, 2.75) is 26.1 Å². The summed E-state index contributed by atoms with van der Waals surface area (Å²) in [4.78, 5) is 7.27. The molecule has 1 aromatic carbocycles. The summed E-state index contributed by atoms with van der Waals surface area (Å²) < 4.78 is 0. The van der Waals surface area contributed by atoms with Crippen molar-refractivity contribution in [3.05, 3.63) is 35.9 Å². The van der Waals surface area contributed by atoms with Crippen LogP contribution >= 0.6 is 11.6 Å². The number of benzene rings is 1. The zero-order chi connectivity index (χ0) is 14.1. The van der Waals surface area contributed by atoms with Gasteiger partial charge < -0.3 is 4.90 Å². The van der Waals surface area contributed by atoms with Crippen molar-refractivity contribution < 1.29 is 0 Å². The highest BCUT2D eigenvalue weighted by atomic mass is 35.5. The summed E-state index contributed by atoms with van der Waals surface area (Å²) in [5, 5.41) is 1.17. The largest absolute Gasteiger partial charge is 0.356 e. The van der Waals surface area contributed by atoms with E-state index in [9.17, 15) is 0 Å². The van der Waals surface area contributed by atoms with E-state index in [0.29, 0.717) is 5.88 Å². The highest BCUT2D eigenvalue weighted by Gasteiger charge is 2.27. The summed E-state index contributed by atoms with van der Waals surface area (Å²) in [6.07, 6.45) is 1.26. The Bertz CT molecular complexity index is 609. The van der Waals surface area contributed by atoms with Gasteiger partial charge in [-0.05, 0) is 30.4 Å². The lowest BCUT2D eigenvalue weighted by molar-refractivity contribution is 0.422. The fourth-order valence-electron chi connectivity index (χ4n) is 3.05. The Morgan fingerprint density at radius 2 is 2.15 bits per heavy atom. The van der Waals surface area contributed by atoms with Crippen molar-refractivity contribution in [2.75, 3.05) is 18.0 Å². The SMILES string of the molecule is CC(C)C1CCN(c2nc3ccccc3cc2CCl)C1. The van der Waals surface area contributed by atoms with Gasteiger partial charge in [0.15, 0.2) is 0 Å². The van der Waals surface area contributed by atoms with E-state index in [4.69, 9.17) is 16.6 Å². The minimum absolute atomic E-state index is 0.524. The molecule has 1 aliphatic heterocycles. The number of nitrogens with zero attached hydrogens (tertiary/aromatic N) is 2. The minimum atomic E-state index is 0.524. The lowest BCUT2D eigenvalue weighted by Crippen LogP contribution is -2.23. The molecule has 3 heteroatoms. The van der Waals surface area contributed by atoms with Crippen molar-refractivity contribution in [1.82, 2.24) is 4.98 Å². The van der Waals surface area contributed by atoms with Crippen LogP contribution in [-0.2, 0) is 5.88 Å². The fraction of sp³-hybridized carbons (Fsp3) is 0.471. The highest BCUT2D eigenvalue weighted by molar-refractivity contribution is 6.17. The fourth-order valence-corrected chi connectivity index (χ4v) is 3.24. The van der Waals surface area contributed by atoms with E-state index in [1.807, 2.05) is 12.1 Å². The Balaban J connectivity index is 1.98. The lowest BCUT2D eigenvalue weighted by atomic mass is 9.95. The van der Waals surface area contributed by atoms with Gasteiger partial charge in [-0.2, -0.15) is 0 Å². The van der Waals surface area contributed by atoms with E-state index in [1.165, 1.54) is 11.8 Å². The molecule has 2 aromatic rings. The van der Waals surface area contributed by atoms with Crippen molar-refractivity contribution in [3.8, 4) is 0 Å². The van der Waals surface area contributed by atoms with Gasteiger partial charge in [0.25, 0.3) is 0 Å². The molecule has 0 N–H and O–H groups in total. The van der Waals surface area contributed by atoms with Gasteiger partial charge in [-0.25, -0.2) is 4.98 Å². The predicted octanol–water partition coefficient (Wildman–Crippen LogP) is 4.46. The molecule has 0 spiro atoms. The second-order valence-electron chi connectivity index (χ2n) is 6.04. The molecule has 1 saturated heterocycles. The number of para-hydroxylation sites is 1. The maximum absolute atomic E-state index is 6.14. The van der Waals surface area contributed by atoms with Crippen LogP contribution in [0.25, 0.3) is 10.9 Å². The smallest absolute Gasteiger partial charge is 0.133 e. The Labute approximate surface area is 125 Å². The standard InChI is InChI=1S/C17H21ClN2/c1-12(2)14-7-8-20(11-14)17-15(10-18)9-13-5-3-4-6-16(13)19-17/h3-6,9,12,14H,7-8,10-11H2,1-2H3. The molecule has 1 unspecified atom stereocenters. The third kappa shape index (κ3) is 2.49. The van der Waals surface area contributed by atoms with Crippen LogP contribution in [0.15, 0.2) is 30.3 Å². The van der Waals surface area contributed by atoms with Gasteiger partial charge in [-0.15, -0.1) is 11.6 Å². The molecular formula is C17H21ClN2. The van der Waals surface area contributed by atoms with Gasteiger partial charge in [0.05, 0.1) is 11.4 Å². The topological polar surface area (TPSA) is 16.1 Å². The predicted molar refractivity (Wildman–Crippen MR) is 86.5 cm³/mol. The van der Waals surface area contributed by atoms with Crippen molar-refractivity contribution in [3.63, 3.8) is 0 Å². The lowest BCUT2D eigenvalue weighted by Gasteiger charge is -2.22. The first-order valence-corrected chi connectivity index (χ1v) is 7.92. The maximum atomic E-state index is 6.14.